The van der Waals surface area contributed by atoms with Gasteiger partial charge in [-0.15, -0.1) is 0 Å². The van der Waals surface area contributed by atoms with Crippen molar-refractivity contribution in [1.82, 2.24) is 5.32 Å². The Morgan fingerprint density at radius 1 is 0.811 bits per heavy atom. The molecular formula is C34H40NOP. The van der Waals surface area contributed by atoms with Crippen molar-refractivity contribution in [2.75, 3.05) is 7.05 Å². The quantitative estimate of drug-likeness (QED) is 0.196. The molecule has 0 radical (unpaired) electrons. The van der Waals surface area contributed by atoms with E-state index in [0.29, 0.717) is 15.2 Å². The molecule has 0 aromatic heterocycles. The van der Waals surface area contributed by atoms with E-state index < -0.39 is 0 Å². The number of hydrogen-bond donors (Lipinski definition) is 1. The van der Waals surface area contributed by atoms with Crippen LogP contribution in [-0.4, -0.2) is 7.05 Å². The topological polar surface area (TPSA) is 21.3 Å². The Morgan fingerprint density at radius 2 is 1.51 bits per heavy atom. The van der Waals surface area contributed by atoms with Crippen LogP contribution in [0.3, 0.4) is 0 Å². The first-order valence-electron chi connectivity index (χ1n) is 13.4. The summed E-state index contributed by atoms with van der Waals surface area (Å²) in [6.07, 6.45) is 3.15. The minimum absolute atomic E-state index is 0.0226. The lowest BCUT2D eigenvalue weighted by molar-refractivity contribution is 0.299. The monoisotopic (exact) mass is 509 g/mol. The number of benzene rings is 4. The smallest absolute Gasteiger partial charge is 0.123 e. The molecule has 0 heterocycles. The Morgan fingerprint density at radius 3 is 2.19 bits per heavy atom. The Balaban J connectivity index is 1.74. The van der Waals surface area contributed by atoms with E-state index in [1.807, 2.05) is 7.05 Å². The van der Waals surface area contributed by atoms with Crippen molar-refractivity contribution >= 4 is 13.9 Å². The molecule has 0 bridgehead atoms. The van der Waals surface area contributed by atoms with Crippen molar-refractivity contribution in [3.8, 4) is 5.75 Å². The lowest BCUT2D eigenvalue weighted by Crippen LogP contribution is -2.23. The Bertz CT molecular complexity index is 1270. The summed E-state index contributed by atoms with van der Waals surface area (Å²) in [5.41, 5.74) is 7.90. The zero-order chi connectivity index (χ0) is 26.1. The first-order valence-corrected chi connectivity index (χ1v) is 14.4. The Labute approximate surface area is 225 Å². The molecule has 192 valence electrons. The van der Waals surface area contributed by atoms with Gasteiger partial charge in [-0.1, -0.05) is 125 Å². The standard InChI is InChI=1S/C34H40NOP/c1-5-20-34(3,37-33-19-16-26(2)21-30(33)24-35-4)31-23-29(22-27-12-8-6-9-13-27)17-18-32(31)36-25-28-14-10-7-11-15-28/h6-19,21,23,35,37H,5,20,22,24-25H2,1-4H3. The average molecular weight is 510 g/mol. The van der Waals surface area contributed by atoms with E-state index in [1.54, 1.807) is 0 Å². The fraction of sp³-hybridized carbons (Fsp3) is 0.294. The summed E-state index contributed by atoms with van der Waals surface area (Å²) in [4.78, 5) is 0. The van der Waals surface area contributed by atoms with Crippen molar-refractivity contribution < 1.29 is 4.74 Å². The van der Waals surface area contributed by atoms with Gasteiger partial charge < -0.3 is 10.1 Å². The summed E-state index contributed by atoms with van der Waals surface area (Å²) < 4.78 is 6.55. The van der Waals surface area contributed by atoms with Crippen molar-refractivity contribution in [3.63, 3.8) is 0 Å². The first-order chi connectivity index (χ1) is 18.0. The second-order valence-corrected chi connectivity index (χ2v) is 12.1. The van der Waals surface area contributed by atoms with Crippen LogP contribution in [0.5, 0.6) is 5.75 Å². The summed E-state index contributed by atoms with van der Waals surface area (Å²) in [5.74, 6) is 1.01. The molecule has 0 fully saturated rings. The highest BCUT2D eigenvalue weighted by Gasteiger charge is 2.31. The van der Waals surface area contributed by atoms with Crippen LogP contribution in [0.25, 0.3) is 0 Å². The number of rotatable bonds is 12. The second-order valence-electron chi connectivity index (χ2n) is 10.2. The Hall–Kier alpha value is -2.93. The molecule has 4 aromatic carbocycles. The van der Waals surface area contributed by atoms with Crippen LogP contribution in [0.15, 0.2) is 97.1 Å². The van der Waals surface area contributed by atoms with Gasteiger partial charge in [-0.3, -0.25) is 0 Å². The van der Waals surface area contributed by atoms with E-state index in [-0.39, 0.29) is 5.16 Å². The lowest BCUT2D eigenvalue weighted by atomic mass is 9.91. The maximum Gasteiger partial charge on any atom is 0.123 e. The summed E-state index contributed by atoms with van der Waals surface area (Å²) in [6.45, 7) is 8.38. The molecule has 0 aliphatic heterocycles. The van der Waals surface area contributed by atoms with Gasteiger partial charge in [0, 0.05) is 17.3 Å². The molecule has 0 saturated heterocycles. The third-order valence-corrected chi connectivity index (χ3v) is 8.74. The van der Waals surface area contributed by atoms with Gasteiger partial charge in [0.15, 0.2) is 0 Å². The molecule has 1 N–H and O–H groups in total. The molecule has 3 heteroatoms. The van der Waals surface area contributed by atoms with Gasteiger partial charge in [0.2, 0.25) is 0 Å². The van der Waals surface area contributed by atoms with Gasteiger partial charge in [-0.2, -0.15) is 0 Å². The molecular weight excluding hydrogens is 469 g/mol. The van der Waals surface area contributed by atoms with Crippen LogP contribution in [0.1, 0.15) is 60.1 Å². The van der Waals surface area contributed by atoms with E-state index in [9.17, 15) is 0 Å². The van der Waals surface area contributed by atoms with Crippen LogP contribution in [0.2, 0.25) is 0 Å². The van der Waals surface area contributed by atoms with Gasteiger partial charge in [-0.25, -0.2) is 0 Å². The van der Waals surface area contributed by atoms with Gasteiger partial charge in [0.1, 0.15) is 12.4 Å². The normalized spacial score (nSPS) is 13.1. The highest BCUT2D eigenvalue weighted by Crippen LogP contribution is 2.49. The van der Waals surface area contributed by atoms with Crippen molar-refractivity contribution in [2.45, 2.75) is 58.3 Å². The van der Waals surface area contributed by atoms with E-state index in [1.165, 1.54) is 38.7 Å². The first kappa shape index (κ1) is 27.1. The van der Waals surface area contributed by atoms with E-state index in [2.05, 4.69) is 123 Å². The predicted molar refractivity (Wildman–Crippen MR) is 161 cm³/mol. The van der Waals surface area contributed by atoms with Gasteiger partial charge in [-0.05, 0) is 60.4 Å². The molecule has 4 aromatic rings. The van der Waals surface area contributed by atoms with Crippen molar-refractivity contribution in [2.24, 2.45) is 0 Å². The number of hydrogen-bond acceptors (Lipinski definition) is 2. The van der Waals surface area contributed by atoms with E-state index in [4.69, 9.17) is 4.74 Å². The maximum atomic E-state index is 6.55. The third kappa shape index (κ3) is 7.31. The number of nitrogens with one attached hydrogen (secondary N) is 1. The summed E-state index contributed by atoms with van der Waals surface area (Å²) in [6, 6.07) is 35.0. The van der Waals surface area contributed by atoms with Crippen LogP contribution >= 0.6 is 8.58 Å². The molecule has 0 saturated carbocycles. The predicted octanol–water partition coefficient (Wildman–Crippen LogP) is 7.90. The fourth-order valence-electron chi connectivity index (χ4n) is 5.05. The summed E-state index contributed by atoms with van der Waals surface area (Å²) >= 11 is 0. The molecule has 2 atom stereocenters. The van der Waals surface area contributed by atoms with E-state index in [0.717, 1.165) is 31.6 Å². The minimum atomic E-state index is -0.0226. The summed E-state index contributed by atoms with van der Waals surface area (Å²) in [7, 11) is 2.68. The number of ether oxygens (including phenoxy) is 1. The van der Waals surface area contributed by atoms with Crippen molar-refractivity contribution in [3.05, 3.63) is 130 Å². The lowest BCUT2D eigenvalue weighted by Gasteiger charge is -2.33. The van der Waals surface area contributed by atoms with Crippen LogP contribution in [-0.2, 0) is 24.7 Å². The maximum absolute atomic E-state index is 6.55. The SMILES string of the molecule is CCCC(C)(Pc1ccc(C)cc1CNC)c1cc(Cc2ccccc2)ccc1OCc1ccccc1. The largest absolute Gasteiger partial charge is 0.489 e. The molecule has 4 rings (SSSR count). The second kappa shape index (κ2) is 13.0. The van der Waals surface area contributed by atoms with Crippen LogP contribution in [0, 0.1) is 6.92 Å². The van der Waals surface area contributed by atoms with Crippen LogP contribution in [0.4, 0.5) is 0 Å². The zero-order valence-electron chi connectivity index (χ0n) is 22.7. The van der Waals surface area contributed by atoms with Crippen LogP contribution < -0.4 is 15.4 Å². The molecule has 37 heavy (non-hydrogen) atoms. The highest BCUT2D eigenvalue weighted by atomic mass is 31.1. The molecule has 0 aliphatic carbocycles. The van der Waals surface area contributed by atoms with Gasteiger partial charge in [0.25, 0.3) is 0 Å². The Kier molecular flexibility index (Phi) is 9.56. The van der Waals surface area contributed by atoms with Gasteiger partial charge in [0.05, 0.1) is 0 Å². The van der Waals surface area contributed by atoms with Gasteiger partial charge >= 0.3 is 0 Å². The van der Waals surface area contributed by atoms with E-state index >= 15 is 0 Å². The summed E-state index contributed by atoms with van der Waals surface area (Å²) in [5, 5.41) is 4.80. The molecule has 0 amide bonds. The highest BCUT2D eigenvalue weighted by molar-refractivity contribution is 7.48. The molecule has 2 nitrogen and oxygen atoms in total. The molecule has 0 spiro atoms. The minimum Gasteiger partial charge on any atom is -0.489 e. The fourth-order valence-corrected chi connectivity index (χ4v) is 6.84. The number of aryl methyl sites for hydroxylation is 1. The average Bonchev–Trinajstić information content (AvgIpc) is 2.91. The zero-order valence-corrected chi connectivity index (χ0v) is 23.7. The molecule has 2 unspecified atom stereocenters. The van der Waals surface area contributed by atoms with Crippen molar-refractivity contribution in [1.29, 1.82) is 0 Å². The third-order valence-electron chi connectivity index (χ3n) is 6.92. The molecule has 0 aliphatic rings.